The molecule has 4 heteroatoms. The Bertz CT molecular complexity index is 396. The molecule has 0 amide bonds. The number of hydrogen-bond acceptors (Lipinski definition) is 4. The monoisotopic (exact) mass is 263 g/mol. The molecule has 0 radical (unpaired) electrons. The van der Waals surface area contributed by atoms with Gasteiger partial charge in [0.05, 0.1) is 6.61 Å². The van der Waals surface area contributed by atoms with Crippen LogP contribution in [-0.2, 0) is 9.53 Å². The fraction of sp³-hybridized carbons (Fsp3) is 0.533. The largest absolute Gasteiger partial charge is 0.482 e. The van der Waals surface area contributed by atoms with Gasteiger partial charge in [-0.25, -0.2) is 4.79 Å². The summed E-state index contributed by atoms with van der Waals surface area (Å²) in [6.07, 6.45) is 6.16. The number of carbonyl (C=O) groups is 1. The minimum atomic E-state index is -0.303. The van der Waals surface area contributed by atoms with E-state index in [0.29, 0.717) is 24.0 Å². The highest BCUT2D eigenvalue weighted by atomic mass is 16.6. The lowest BCUT2D eigenvalue weighted by Crippen LogP contribution is -2.20. The maximum atomic E-state index is 11.6. The summed E-state index contributed by atoms with van der Waals surface area (Å²) in [4.78, 5) is 11.6. The molecule has 1 aromatic rings. The van der Waals surface area contributed by atoms with Crippen LogP contribution >= 0.6 is 0 Å². The second kappa shape index (κ2) is 7.02. The lowest BCUT2D eigenvalue weighted by Gasteiger charge is -2.21. The van der Waals surface area contributed by atoms with E-state index in [2.05, 4.69) is 0 Å². The van der Waals surface area contributed by atoms with Crippen molar-refractivity contribution in [3.8, 4) is 5.75 Å². The van der Waals surface area contributed by atoms with E-state index in [4.69, 9.17) is 15.2 Å². The van der Waals surface area contributed by atoms with Crippen molar-refractivity contribution >= 4 is 11.7 Å². The number of rotatable bonds is 5. The average molecular weight is 263 g/mol. The van der Waals surface area contributed by atoms with Crippen molar-refractivity contribution in [2.45, 2.75) is 32.1 Å². The van der Waals surface area contributed by atoms with E-state index in [9.17, 15) is 4.79 Å². The molecule has 0 atom stereocenters. The summed E-state index contributed by atoms with van der Waals surface area (Å²) in [6, 6.07) is 6.96. The minimum absolute atomic E-state index is 0.0450. The molecule has 0 aromatic heterocycles. The second-order valence-electron chi connectivity index (χ2n) is 5.04. The van der Waals surface area contributed by atoms with E-state index in [-0.39, 0.29) is 12.6 Å². The molecule has 0 unspecified atom stereocenters. The van der Waals surface area contributed by atoms with Crippen LogP contribution < -0.4 is 10.5 Å². The molecule has 104 valence electrons. The van der Waals surface area contributed by atoms with E-state index < -0.39 is 0 Å². The summed E-state index contributed by atoms with van der Waals surface area (Å²) in [5.41, 5.74) is 6.24. The smallest absolute Gasteiger partial charge is 0.344 e. The van der Waals surface area contributed by atoms with Gasteiger partial charge < -0.3 is 15.2 Å². The Kier molecular flexibility index (Phi) is 5.07. The van der Waals surface area contributed by atoms with Gasteiger partial charge in [0.1, 0.15) is 5.75 Å². The van der Waals surface area contributed by atoms with Crippen molar-refractivity contribution in [2.24, 2.45) is 5.92 Å². The number of anilines is 1. The van der Waals surface area contributed by atoms with Crippen LogP contribution in [0.5, 0.6) is 5.75 Å². The molecule has 0 spiro atoms. The molecule has 1 saturated carbocycles. The summed E-state index contributed by atoms with van der Waals surface area (Å²) >= 11 is 0. The van der Waals surface area contributed by atoms with Crippen molar-refractivity contribution in [3.63, 3.8) is 0 Å². The molecule has 0 bridgehead atoms. The zero-order valence-electron chi connectivity index (χ0n) is 11.1. The molecule has 1 aliphatic rings. The highest BCUT2D eigenvalue weighted by Gasteiger charge is 2.15. The SMILES string of the molecule is Nc1ccc(OCC(=O)OCC2CCCCC2)cc1. The first-order valence-electron chi connectivity index (χ1n) is 6.88. The molecule has 2 rings (SSSR count). The summed E-state index contributed by atoms with van der Waals surface area (Å²) in [5.74, 6) is 0.862. The molecule has 0 aliphatic heterocycles. The number of esters is 1. The normalized spacial score (nSPS) is 16.0. The highest BCUT2D eigenvalue weighted by Crippen LogP contribution is 2.23. The van der Waals surface area contributed by atoms with Gasteiger partial charge in [-0.2, -0.15) is 0 Å². The Hall–Kier alpha value is -1.71. The zero-order valence-corrected chi connectivity index (χ0v) is 11.1. The third-order valence-corrected chi connectivity index (χ3v) is 3.44. The van der Waals surface area contributed by atoms with Crippen LogP contribution in [0.3, 0.4) is 0 Å². The van der Waals surface area contributed by atoms with Crippen LogP contribution in [0.1, 0.15) is 32.1 Å². The summed E-state index contributed by atoms with van der Waals surface area (Å²) in [6.45, 7) is 0.487. The van der Waals surface area contributed by atoms with Gasteiger partial charge in [-0.1, -0.05) is 19.3 Å². The van der Waals surface area contributed by atoms with Gasteiger partial charge in [0.2, 0.25) is 0 Å². The number of nitrogen functional groups attached to an aromatic ring is 1. The number of benzene rings is 1. The van der Waals surface area contributed by atoms with Crippen LogP contribution in [0, 0.1) is 5.92 Å². The number of ether oxygens (including phenoxy) is 2. The molecule has 0 saturated heterocycles. The number of carbonyl (C=O) groups excluding carboxylic acids is 1. The Labute approximate surface area is 113 Å². The molecule has 1 aliphatic carbocycles. The van der Waals surface area contributed by atoms with E-state index >= 15 is 0 Å². The van der Waals surface area contributed by atoms with E-state index in [0.717, 1.165) is 0 Å². The van der Waals surface area contributed by atoms with Gasteiger partial charge >= 0.3 is 5.97 Å². The number of nitrogens with two attached hydrogens (primary N) is 1. The van der Waals surface area contributed by atoms with Crippen molar-refractivity contribution in [2.75, 3.05) is 18.9 Å². The van der Waals surface area contributed by atoms with Crippen molar-refractivity contribution < 1.29 is 14.3 Å². The molecule has 2 N–H and O–H groups in total. The van der Waals surface area contributed by atoms with E-state index in [1.165, 1.54) is 32.1 Å². The Morgan fingerprint density at radius 2 is 1.84 bits per heavy atom. The molecule has 19 heavy (non-hydrogen) atoms. The van der Waals surface area contributed by atoms with E-state index in [1.807, 2.05) is 0 Å². The minimum Gasteiger partial charge on any atom is -0.482 e. The van der Waals surface area contributed by atoms with Gasteiger partial charge in [-0.05, 0) is 43.0 Å². The Morgan fingerprint density at radius 1 is 1.16 bits per heavy atom. The lowest BCUT2D eigenvalue weighted by atomic mass is 9.90. The Balaban J connectivity index is 1.65. The first-order chi connectivity index (χ1) is 9.24. The lowest BCUT2D eigenvalue weighted by molar-refractivity contribution is -0.147. The molecular weight excluding hydrogens is 242 g/mol. The topological polar surface area (TPSA) is 61.5 Å². The van der Waals surface area contributed by atoms with Crippen LogP contribution in [0.25, 0.3) is 0 Å². The first kappa shape index (κ1) is 13.7. The van der Waals surface area contributed by atoms with Crippen molar-refractivity contribution in [1.82, 2.24) is 0 Å². The fourth-order valence-corrected chi connectivity index (χ4v) is 2.31. The standard InChI is InChI=1S/C15H21NO3/c16-13-6-8-14(9-7-13)18-11-15(17)19-10-12-4-2-1-3-5-12/h6-9,12H,1-5,10-11,16H2. The predicted molar refractivity (Wildman–Crippen MR) is 73.9 cm³/mol. The highest BCUT2D eigenvalue weighted by molar-refractivity contribution is 5.71. The van der Waals surface area contributed by atoms with Crippen molar-refractivity contribution in [1.29, 1.82) is 0 Å². The average Bonchev–Trinajstić information content (AvgIpc) is 2.45. The van der Waals surface area contributed by atoms with Crippen molar-refractivity contribution in [3.05, 3.63) is 24.3 Å². The van der Waals surface area contributed by atoms with Crippen LogP contribution in [0.4, 0.5) is 5.69 Å². The maximum absolute atomic E-state index is 11.6. The quantitative estimate of drug-likeness (QED) is 0.655. The van der Waals surface area contributed by atoms with Crippen LogP contribution in [0.15, 0.2) is 24.3 Å². The molecular formula is C15H21NO3. The molecule has 1 fully saturated rings. The predicted octanol–water partition coefficient (Wildman–Crippen LogP) is 2.77. The first-order valence-corrected chi connectivity index (χ1v) is 6.88. The summed E-state index contributed by atoms with van der Waals surface area (Å²) < 4.78 is 10.6. The number of hydrogen-bond donors (Lipinski definition) is 1. The van der Waals surface area contributed by atoms with Gasteiger partial charge in [0, 0.05) is 5.69 Å². The van der Waals surface area contributed by atoms with E-state index in [1.54, 1.807) is 24.3 Å². The van der Waals surface area contributed by atoms with Gasteiger partial charge in [0.15, 0.2) is 6.61 Å². The van der Waals surface area contributed by atoms with Crippen LogP contribution in [0.2, 0.25) is 0 Å². The maximum Gasteiger partial charge on any atom is 0.344 e. The third kappa shape index (κ3) is 4.81. The summed E-state index contributed by atoms with van der Waals surface area (Å²) in [7, 11) is 0. The molecule has 0 heterocycles. The second-order valence-corrected chi connectivity index (χ2v) is 5.04. The molecule has 4 nitrogen and oxygen atoms in total. The fourth-order valence-electron chi connectivity index (χ4n) is 2.31. The zero-order chi connectivity index (χ0) is 13.5. The van der Waals surface area contributed by atoms with Gasteiger partial charge in [0.25, 0.3) is 0 Å². The van der Waals surface area contributed by atoms with Crippen LogP contribution in [-0.4, -0.2) is 19.2 Å². The van der Waals surface area contributed by atoms with Gasteiger partial charge in [-0.3, -0.25) is 0 Å². The third-order valence-electron chi connectivity index (χ3n) is 3.44. The summed E-state index contributed by atoms with van der Waals surface area (Å²) in [5, 5.41) is 0. The Morgan fingerprint density at radius 3 is 2.53 bits per heavy atom. The molecule has 1 aromatic carbocycles. The van der Waals surface area contributed by atoms with Gasteiger partial charge in [-0.15, -0.1) is 0 Å².